The van der Waals surface area contributed by atoms with Gasteiger partial charge in [0.1, 0.15) is 5.82 Å². The van der Waals surface area contributed by atoms with Crippen LogP contribution in [0.3, 0.4) is 0 Å². The molecule has 30 heavy (non-hydrogen) atoms. The van der Waals surface area contributed by atoms with Gasteiger partial charge in [0.25, 0.3) is 0 Å². The number of carbonyl (C=O) groups is 3. The van der Waals surface area contributed by atoms with Crippen LogP contribution in [-0.2, 0) is 4.79 Å². The Kier molecular flexibility index (Phi) is 7.09. The fourth-order valence-electron chi connectivity index (χ4n) is 2.22. The third-order valence-electron chi connectivity index (χ3n) is 3.63. The van der Waals surface area contributed by atoms with Crippen molar-refractivity contribution in [3.05, 3.63) is 59.9 Å². The highest BCUT2D eigenvalue weighted by Crippen LogP contribution is 2.25. The molecule has 0 aliphatic rings. The molecule has 154 valence electrons. The topological polar surface area (TPSA) is 113 Å². The van der Waals surface area contributed by atoms with E-state index in [1.165, 1.54) is 43.0 Å². The molecule has 0 spiro atoms. The first kappa shape index (κ1) is 21.4. The lowest BCUT2D eigenvalue weighted by atomic mass is 10.1. The zero-order valence-corrected chi connectivity index (χ0v) is 17.3. The van der Waals surface area contributed by atoms with Crippen LogP contribution >= 0.6 is 23.1 Å². The molecule has 3 amide bonds. The van der Waals surface area contributed by atoms with E-state index in [9.17, 15) is 18.8 Å². The maximum atomic E-state index is 12.9. The predicted octanol–water partition coefficient (Wildman–Crippen LogP) is 4.25. The first-order valence-corrected chi connectivity index (χ1v) is 10.4. The molecule has 1 aromatic heterocycles. The Morgan fingerprint density at radius 2 is 1.57 bits per heavy atom. The van der Waals surface area contributed by atoms with Gasteiger partial charge in [-0.25, -0.2) is 9.18 Å². The van der Waals surface area contributed by atoms with Crippen molar-refractivity contribution in [3.8, 4) is 0 Å². The van der Waals surface area contributed by atoms with Crippen molar-refractivity contribution in [1.29, 1.82) is 0 Å². The summed E-state index contributed by atoms with van der Waals surface area (Å²) >= 11 is 2.29. The van der Waals surface area contributed by atoms with Crippen molar-refractivity contribution in [2.45, 2.75) is 11.3 Å². The minimum atomic E-state index is -0.541. The van der Waals surface area contributed by atoms with Crippen LogP contribution in [0.15, 0.2) is 52.9 Å². The van der Waals surface area contributed by atoms with Gasteiger partial charge in [0.15, 0.2) is 10.1 Å². The molecular formula is C19H16FN5O3S2. The van der Waals surface area contributed by atoms with Gasteiger partial charge >= 0.3 is 6.03 Å². The molecule has 11 heteroatoms. The van der Waals surface area contributed by atoms with Crippen molar-refractivity contribution < 1.29 is 18.8 Å². The third-order valence-corrected chi connectivity index (χ3v) is 5.60. The first-order chi connectivity index (χ1) is 14.4. The number of halogens is 1. The maximum Gasteiger partial charge on any atom is 0.325 e. The van der Waals surface area contributed by atoms with E-state index in [4.69, 9.17) is 0 Å². The van der Waals surface area contributed by atoms with Crippen molar-refractivity contribution in [1.82, 2.24) is 10.2 Å². The molecule has 2 aromatic carbocycles. The molecule has 0 unspecified atom stereocenters. The third kappa shape index (κ3) is 6.36. The van der Waals surface area contributed by atoms with Gasteiger partial charge in [-0.2, -0.15) is 0 Å². The molecule has 0 radical (unpaired) electrons. The van der Waals surface area contributed by atoms with E-state index in [0.29, 0.717) is 21.3 Å². The van der Waals surface area contributed by atoms with E-state index in [-0.39, 0.29) is 22.6 Å². The number of Topliss-reactive ketones (excluding diaryl/α,β-unsaturated/α-hetero) is 1. The summed E-state index contributed by atoms with van der Waals surface area (Å²) in [6.07, 6.45) is 0. The highest BCUT2D eigenvalue weighted by molar-refractivity contribution is 8.01. The highest BCUT2D eigenvalue weighted by atomic mass is 32.2. The van der Waals surface area contributed by atoms with Gasteiger partial charge in [-0.15, -0.1) is 10.2 Å². The summed E-state index contributed by atoms with van der Waals surface area (Å²) < 4.78 is 13.4. The van der Waals surface area contributed by atoms with Crippen molar-refractivity contribution in [3.63, 3.8) is 0 Å². The van der Waals surface area contributed by atoms with Gasteiger partial charge < -0.3 is 10.6 Å². The summed E-state index contributed by atoms with van der Waals surface area (Å²) in [6.45, 7) is 1.47. The second kappa shape index (κ2) is 9.94. The number of nitrogens with zero attached hydrogens (tertiary/aromatic N) is 2. The lowest BCUT2D eigenvalue weighted by Gasteiger charge is -2.05. The minimum Gasteiger partial charge on any atom is -0.325 e. The standard InChI is InChI=1S/C19H16FN5O3S2/c1-11(26)12-2-6-14(7-3-12)21-16(27)10-29-19-25-24-18(30-19)23-17(28)22-15-8-4-13(20)5-9-15/h2-9H,10H2,1H3,(H,21,27)(H2,22,23,24,28). The van der Waals surface area contributed by atoms with Crippen LogP contribution in [0.1, 0.15) is 17.3 Å². The molecule has 3 aromatic rings. The number of amides is 3. The summed E-state index contributed by atoms with van der Waals surface area (Å²) in [6, 6.07) is 11.4. The number of thioether (sulfide) groups is 1. The quantitative estimate of drug-likeness (QED) is 0.285. The average Bonchev–Trinajstić information content (AvgIpc) is 3.16. The van der Waals surface area contributed by atoms with E-state index in [1.54, 1.807) is 24.3 Å². The van der Waals surface area contributed by atoms with Crippen LogP contribution in [0.4, 0.5) is 25.7 Å². The molecule has 0 aliphatic heterocycles. The predicted molar refractivity (Wildman–Crippen MR) is 115 cm³/mol. The number of nitrogens with one attached hydrogen (secondary N) is 3. The van der Waals surface area contributed by atoms with Crippen LogP contribution in [-0.4, -0.2) is 33.7 Å². The summed E-state index contributed by atoms with van der Waals surface area (Å²) in [5.41, 5.74) is 1.59. The van der Waals surface area contributed by atoms with E-state index in [1.807, 2.05) is 0 Å². The van der Waals surface area contributed by atoms with Gasteiger partial charge in [-0.1, -0.05) is 23.1 Å². The first-order valence-electron chi connectivity index (χ1n) is 8.60. The summed E-state index contributed by atoms with van der Waals surface area (Å²) in [5, 5.41) is 15.8. The highest BCUT2D eigenvalue weighted by Gasteiger charge is 2.11. The molecule has 0 saturated heterocycles. The maximum absolute atomic E-state index is 12.9. The van der Waals surface area contributed by atoms with Crippen LogP contribution in [0.5, 0.6) is 0 Å². The van der Waals surface area contributed by atoms with Crippen LogP contribution in [0.2, 0.25) is 0 Å². The number of ketones is 1. The fraction of sp³-hybridized carbons (Fsp3) is 0.105. The second-order valence-corrected chi connectivity index (χ2v) is 8.13. The van der Waals surface area contributed by atoms with Gasteiger partial charge in [0.2, 0.25) is 11.0 Å². The summed E-state index contributed by atoms with van der Waals surface area (Å²) in [7, 11) is 0. The normalized spacial score (nSPS) is 10.3. The average molecular weight is 446 g/mol. The summed E-state index contributed by atoms with van der Waals surface area (Å²) in [4.78, 5) is 35.3. The number of aromatic nitrogens is 2. The monoisotopic (exact) mass is 445 g/mol. The molecule has 0 bridgehead atoms. The van der Waals surface area contributed by atoms with Crippen LogP contribution in [0, 0.1) is 5.82 Å². The molecule has 8 nitrogen and oxygen atoms in total. The Morgan fingerprint density at radius 3 is 2.23 bits per heavy atom. The lowest BCUT2D eigenvalue weighted by molar-refractivity contribution is -0.113. The Bertz CT molecular complexity index is 1050. The Morgan fingerprint density at radius 1 is 0.933 bits per heavy atom. The molecule has 0 fully saturated rings. The number of hydrogen-bond donors (Lipinski definition) is 3. The lowest BCUT2D eigenvalue weighted by Crippen LogP contribution is -2.19. The Hall–Kier alpha value is -3.31. The number of urea groups is 1. The van der Waals surface area contributed by atoms with Gasteiger partial charge in [-0.05, 0) is 55.5 Å². The zero-order chi connectivity index (χ0) is 21.5. The van der Waals surface area contributed by atoms with Gasteiger partial charge in [0, 0.05) is 16.9 Å². The van der Waals surface area contributed by atoms with Gasteiger partial charge in [-0.3, -0.25) is 14.9 Å². The largest absolute Gasteiger partial charge is 0.325 e. The molecule has 3 N–H and O–H groups in total. The van der Waals surface area contributed by atoms with Crippen molar-refractivity contribution in [2.24, 2.45) is 0 Å². The molecule has 0 aliphatic carbocycles. The number of carbonyl (C=O) groups excluding carboxylic acids is 3. The number of hydrogen-bond acceptors (Lipinski definition) is 7. The minimum absolute atomic E-state index is 0.0459. The SMILES string of the molecule is CC(=O)c1ccc(NC(=O)CSc2nnc(NC(=O)Nc3ccc(F)cc3)s2)cc1. The molecule has 0 atom stereocenters. The van der Waals surface area contributed by atoms with Crippen LogP contribution < -0.4 is 16.0 Å². The Labute approximate surface area is 179 Å². The van der Waals surface area contributed by atoms with E-state index in [0.717, 1.165) is 11.3 Å². The van der Waals surface area contributed by atoms with E-state index < -0.39 is 11.8 Å². The molecule has 3 rings (SSSR count). The smallest absolute Gasteiger partial charge is 0.325 e. The second-order valence-electron chi connectivity index (χ2n) is 5.93. The van der Waals surface area contributed by atoms with Gasteiger partial charge in [0.05, 0.1) is 5.75 Å². The molecule has 1 heterocycles. The van der Waals surface area contributed by atoms with Crippen molar-refractivity contribution in [2.75, 3.05) is 21.7 Å². The zero-order valence-electron chi connectivity index (χ0n) is 15.6. The fourth-order valence-corrected chi connectivity index (χ4v) is 3.77. The summed E-state index contributed by atoms with van der Waals surface area (Å²) in [5.74, 6) is -0.584. The van der Waals surface area contributed by atoms with Crippen molar-refractivity contribution >= 4 is 57.3 Å². The van der Waals surface area contributed by atoms with E-state index in [2.05, 4.69) is 26.1 Å². The van der Waals surface area contributed by atoms with Crippen LogP contribution in [0.25, 0.3) is 0 Å². The van der Waals surface area contributed by atoms with E-state index >= 15 is 0 Å². The Balaban J connectivity index is 1.45. The molecule has 0 saturated carbocycles. The molecular weight excluding hydrogens is 429 g/mol. The number of benzene rings is 2. The number of rotatable bonds is 7. The number of anilines is 3.